The maximum absolute atomic E-state index is 3.54. The van der Waals surface area contributed by atoms with Crippen molar-refractivity contribution in [2.75, 3.05) is 25.0 Å². The second-order valence-electron chi connectivity index (χ2n) is 5.69. The third kappa shape index (κ3) is 2.26. The van der Waals surface area contributed by atoms with E-state index < -0.39 is 0 Å². The quantitative estimate of drug-likeness (QED) is 0.872. The van der Waals surface area contributed by atoms with Gasteiger partial charge in [-0.25, -0.2) is 0 Å². The number of hydrogen-bond donors (Lipinski definition) is 1. The smallest absolute Gasteiger partial charge is 0.0376 e. The van der Waals surface area contributed by atoms with Crippen LogP contribution in [0.15, 0.2) is 24.3 Å². The van der Waals surface area contributed by atoms with Crippen LogP contribution in [0.1, 0.15) is 44.1 Å². The fraction of sp³-hybridized carbons (Fsp3) is 0.625. The van der Waals surface area contributed by atoms with Gasteiger partial charge in [-0.15, -0.1) is 0 Å². The number of para-hydroxylation sites is 1. The first-order valence-corrected chi connectivity index (χ1v) is 7.45. The SMILES string of the molecule is CCN(CC1CNc2ccccc21)C1CCCC1. The fourth-order valence-corrected chi connectivity index (χ4v) is 3.61. The van der Waals surface area contributed by atoms with Crippen LogP contribution in [0.2, 0.25) is 0 Å². The Balaban J connectivity index is 1.69. The first-order valence-electron chi connectivity index (χ1n) is 7.45. The van der Waals surface area contributed by atoms with Crippen molar-refractivity contribution in [2.24, 2.45) is 0 Å². The molecular formula is C16H24N2. The molecule has 1 atom stereocenters. The van der Waals surface area contributed by atoms with E-state index in [9.17, 15) is 0 Å². The minimum absolute atomic E-state index is 0.682. The van der Waals surface area contributed by atoms with Crippen molar-refractivity contribution in [3.05, 3.63) is 29.8 Å². The van der Waals surface area contributed by atoms with E-state index in [-0.39, 0.29) is 0 Å². The lowest BCUT2D eigenvalue weighted by molar-refractivity contribution is 0.199. The Kier molecular flexibility index (Phi) is 3.55. The molecule has 0 aromatic heterocycles. The van der Waals surface area contributed by atoms with Crippen LogP contribution >= 0.6 is 0 Å². The van der Waals surface area contributed by atoms with Gasteiger partial charge in [0.2, 0.25) is 0 Å². The molecule has 1 aromatic carbocycles. The Hall–Kier alpha value is -1.02. The van der Waals surface area contributed by atoms with E-state index >= 15 is 0 Å². The predicted octanol–water partition coefficient (Wildman–Crippen LogP) is 3.46. The minimum atomic E-state index is 0.682. The second-order valence-corrected chi connectivity index (χ2v) is 5.69. The number of hydrogen-bond acceptors (Lipinski definition) is 2. The van der Waals surface area contributed by atoms with Gasteiger partial charge in [-0.1, -0.05) is 38.0 Å². The highest BCUT2D eigenvalue weighted by Crippen LogP contribution is 2.33. The molecule has 1 aliphatic heterocycles. The van der Waals surface area contributed by atoms with E-state index in [1.54, 1.807) is 0 Å². The van der Waals surface area contributed by atoms with Gasteiger partial charge in [-0.2, -0.15) is 0 Å². The lowest BCUT2D eigenvalue weighted by Crippen LogP contribution is -2.36. The standard InChI is InChI=1S/C16H24N2/c1-2-18(14-7-3-4-8-14)12-13-11-17-16-10-6-5-9-15(13)16/h5-6,9-10,13-14,17H,2-4,7-8,11-12H2,1H3. The molecule has 18 heavy (non-hydrogen) atoms. The minimum Gasteiger partial charge on any atom is -0.384 e. The summed E-state index contributed by atoms with van der Waals surface area (Å²) in [6.07, 6.45) is 5.69. The summed E-state index contributed by atoms with van der Waals surface area (Å²) >= 11 is 0. The van der Waals surface area contributed by atoms with Crippen LogP contribution in [0.3, 0.4) is 0 Å². The zero-order valence-electron chi connectivity index (χ0n) is 11.4. The van der Waals surface area contributed by atoms with E-state index in [1.807, 2.05) is 0 Å². The highest BCUT2D eigenvalue weighted by atomic mass is 15.2. The van der Waals surface area contributed by atoms with Crippen molar-refractivity contribution in [1.82, 2.24) is 4.90 Å². The van der Waals surface area contributed by atoms with Crippen molar-refractivity contribution < 1.29 is 0 Å². The zero-order valence-corrected chi connectivity index (χ0v) is 11.4. The van der Waals surface area contributed by atoms with Crippen molar-refractivity contribution in [3.63, 3.8) is 0 Å². The summed E-state index contributed by atoms with van der Waals surface area (Å²) in [4.78, 5) is 2.71. The summed E-state index contributed by atoms with van der Waals surface area (Å²) in [6.45, 7) is 5.85. The Morgan fingerprint density at radius 3 is 2.78 bits per heavy atom. The van der Waals surface area contributed by atoms with Crippen LogP contribution < -0.4 is 5.32 Å². The first-order chi connectivity index (χ1) is 8.88. The Morgan fingerprint density at radius 1 is 1.22 bits per heavy atom. The molecule has 0 saturated heterocycles. The molecule has 1 N–H and O–H groups in total. The molecule has 2 aliphatic rings. The van der Waals surface area contributed by atoms with Crippen molar-refractivity contribution in [1.29, 1.82) is 0 Å². The summed E-state index contributed by atoms with van der Waals surface area (Å²) in [5.74, 6) is 0.682. The Morgan fingerprint density at radius 2 is 2.00 bits per heavy atom. The topological polar surface area (TPSA) is 15.3 Å². The molecule has 2 heteroatoms. The van der Waals surface area contributed by atoms with Gasteiger partial charge in [0, 0.05) is 30.7 Å². The van der Waals surface area contributed by atoms with Crippen LogP contribution in [-0.2, 0) is 0 Å². The van der Waals surface area contributed by atoms with E-state index in [0.717, 1.165) is 12.6 Å². The molecule has 2 nitrogen and oxygen atoms in total. The van der Waals surface area contributed by atoms with Crippen LogP contribution in [0, 0.1) is 0 Å². The third-order valence-corrected chi connectivity index (χ3v) is 4.64. The molecule has 98 valence electrons. The molecule has 0 spiro atoms. The summed E-state index contributed by atoms with van der Waals surface area (Å²) < 4.78 is 0. The third-order valence-electron chi connectivity index (χ3n) is 4.64. The largest absolute Gasteiger partial charge is 0.384 e. The summed E-state index contributed by atoms with van der Waals surface area (Å²) in [7, 11) is 0. The normalized spacial score (nSPS) is 23.3. The molecule has 1 aromatic rings. The average molecular weight is 244 g/mol. The molecule has 1 unspecified atom stereocenters. The van der Waals surface area contributed by atoms with Gasteiger partial charge in [0.05, 0.1) is 0 Å². The van der Waals surface area contributed by atoms with Crippen LogP contribution in [-0.4, -0.2) is 30.6 Å². The maximum atomic E-state index is 3.54. The van der Waals surface area contributed by atoms with Gasteiger partial charge in [-0.05, 0) is 31.0 Å². The number of nitrogens with zero attached hydrogens (tertiary/aromatic N) is 1. The maximum Gasteiger partial charge on any atom is 0.0376 e. The van der Waals surface area contributed by atoms with Gasteiger partial charge < -0.3 is 5.32 Å². The molecule has 1 heterocycles. The number of benzene rings is 1. The average Bonchev–Trinajstić information content (AvgIpc) is 3.06. The molecule has 3 rings (SSSR count). The van der Waals surface area contributed by atoms with E-state index in [0.29, 0.717) is 5.92 Å². The highest BCUT2D eigenvalue weighted by molar-refractivity contribution is 5.57. The van der Waals surface area contributed by atoms with Gasteiger partial charge in [0.15, 0.2) is 0 Å². The van der Waals surface area contributed by atoms with Gasteiger partial charge in [0.25, 0.3) is 0 Å². The molecule has 0 radical (unpaired) electrons. The van der Waals surface area contributed by atoms with Crippen molar-refractivity contribution in [3.8, 4) is 0 Å². The van der Waals surface area contributed by atoms with Gasteiger partial charge in [0.1, 0.15) is 0 Å². The number of fused-ring (bicyclic) bond motifs is 1. The van der Waals surface area contributed by atoms with Gasteiger partial charge >= 0.3 is 0 Å². The van der Waals surface area contributed by atoms with Crippen molar-refractivity contribution in [2.45, 2.75) is 44.6 Å². The molecule has 1 aliphatic carbocycles. The summed E-state index contributed by atoms with van der Waals surface area (Å²) in [5, 5.41) is 3.54. The highest BCUT2D eigenvalue weighted by Gasteiger charge is 2.27. The van der Waals surface area contributed by atoms with Crippen molar-refractivity contribution >= 4 is 5.69 Å². The number of nitrogens with one attached hydrogen (secondary N) is 1. The Bertz CT molecular complexity index is 396. The lowest BCUT2D eigenvalue weighted by atomic mass is 10.00. The zero-order chi connectivity index (χ0) is 12.4. The molecular weight excluding hydrogens is 220 g/mol. The van der Waals surface area contributed by atoms with Gasteiger partial charge in [-0.3, -0.25) is 4.90 Å². The number of likely N-dealkylation sites (N-methyl/N-ethyl adjacent to an activating group) is 1. The molecule has 1 saturated carbocycles. The first kappa shape index (κ1) is 12.0. The Labute approximate surface area is 110 Å². The fourth-order valence-electron chi connectivity index (χ4n) is 3.61. The number of rotatable bonds is 4. The second kappa shape index (κ2) is 5.31. The summed E-state index contributed by atoms with van der Waals surface area (Å²) in [6, 6.07) is 9.65. The molecule has 0 bridgehead atoms. The molecule has 1 fully saturated rings. The summed E-state index contributed by atoms with van der Waals surface area (Å²) in [5.41, 5.74) is 2.87. The van der Waals surface area contributed by atoms with E-state index in [4.69, 9.17) is 0 Å². The van der Waals surface area contributed by atoms with Crippen LogP contribution in [0.5, 0.6) is 0 Å². The molecule has 0 amide bonds. The predicted molar refractivity (Wildman–Crippen MR) is 77.2 cm³/mol. The van der Waals surface area contributed by atoms with Crippen LogP contribution in [0.25, 0.3) is 0 Å². The van der Waals surface area contributed by atoms with E-state index in [1.165, 1.54) is 50.0 Å². The van der Waals surface area contributed by atoms with E-state index in [2.05, 4.69) is 41.4 Å². The lowest BCUT2D eigenvalue weighted by Gasteiger charge is -2.30. The monoisotopic (exact) mass is 244 g/mol. The van der Waals surface area contributed by atoms with Crippen LogP contribution in [0.4, 0.5) is 5.69 Å². The number of anilines is 1.